The topological polar surface area (TPSA) is 187 Å². The van der Waals surface area contributed by atoms with Gasteiger partial charge in [0.15, 0.2) is 0 Å². The zero-order valence-corrected chi connectivity index (χ0v) is 28.9. The number of ether oxygens (including phenoxy) is 4. The lowest BCUT2D eigenvalue weighted by molar-refractivity contribution is -0.143. The van der Waals surface area contributed by atoms with Crippen molar-refractivity contribution in [2.24, 2.45) is 5.92 Å². The van der Waals surface area contributed by atoms with E-state index in [1.165, 1.54) is 7.11 Å². The number of rotatable bonds is 19. The van der Waals surface area contributed by atoms with Crippen molar-refractivity contribution in [1.82, 2.24) is 21.3 Å². The highest BCUT2D eigenvalue weighted by Gasteiger charge is 2.30. The highest BCUT2D eigenvalue weighted by Crippen LogP contribution is 2.24. The Hall–Kier alpha value is -4.44. The molecule has 0 spiro atoms. The van der Waals surface area contributed by atoms with Crippen molar-refractivity contribution in [2.45, 2.75) is 52.1 Å². The quantitative estimate of drug-likeness (QED) is 0.0725. The Bertz CT molecular complexity index is 1330. The van der Waals surface area contributed by atoms with E-state index < -0.39 is 60.6 Å². The lowest BCUT2D eigenvalue weighted by Crippen LogP contribution is -2.56. The molecule has 2 aromatic rings. The minimum Gasteiger partial charge on any atom is -0.467 e. The molecule has 0 aliphatic rings. The summed E-state index contributed by atoms with van der Waals surface area (Å²) in [4.78, 5) is 75.4. The van der Waals surface area contributed by atoms with E-state index in [4.69, 9.17) is 18.9 Å². The highest BCUT2D eigenvalue weighted by molar-refractivity contribution is 8.76. The molecule has 48 heavy (non-hydrogen) atoms. The summed E-state index contributed by atoms with van der Waals surface area (Å²) in [5, 5.41) is 10.1. The number of benzene rings is 2. The molecule has 14 nitrogen and oxygen atoms in total. The highest BCUT2D eigenvalue weighted by atomic mass is 33.1. The van der Waals surface area contributed by atoms with Crippen LogP contribution in [-0.4, -0.2) is 85.8 Å². The molecule has 0 aliphatic heterocycles. The van der Waals surface area contributed by atoms with E-state index >= 15 is 0 Å². The van der Waals surface area contributed by atoms with Crippen molar-refractivity contribution in [2.75, 3.05) is 31.8 Å². The van der Waals surface area contributed by atoms with E-state index in [9.17, 15) is 28.8 Å². The first-order chi connectivity index (χ1) is 23.0. The molecule has 262 valence electrons. The number of hydrogen-bond acceptors (Lipinski definition) is 12. The lowest BCUT2D eigenvalue weighted by Gasteiger charge is -2.25. The van der Waals surface area contributed by atoms with Gasteiger partial charge in [0.05, 0.1) is 13.7 Å². The van der Waals surface area contributed by atoms with Crippen LogP contribution >= 0.6 is 21.6 Å². The monoisotopic (exact) mass is 706 g/mol. The summed E-state index contributed by atoms with van der Waals surface area (Å²) in [6.07, 6.45) is -1.64. The molecule has 0 heterocycles. The Morgan fingerprint density at radius 2 is 1.21 bits per heavy atom. The zero-order chi connectivity index (χ0) is 35.3. The number of carbonyl (C=O) groups excluding carboxylic acids is 6. The average Bonchev–Trinajstić information content (AvgIpc) is 3.08. The van der Waals surface area contributed by atoms with Gasteiger partial charge in [-0.05, 0) is 24.0 Å². The fourth-order valence-corrected chi connectivity index (χ4v) is 6.13. The Kier molecular flexibility index (Phi) is 18.4. The van der Waals surface area contributed by atoms with Gasteiger partial charge in [-0.1, -0.05) is 96.1 Å². The van der Waals surface area contributed by atoms with Crippen molar-refractivity contribution < 1.29 is 47.7 Å². The minimum absolute atomic E-state index is 0.00171. The molecule has 0 radical (unpaired) electrons. The molecule has 3 unspecified atom stereocenters. The number of carbonyl (C=O) groups is 6. The molecule has 4 N–H and O–H groups in total. The van der Waals surface area contributed by atoms with Crippen LogP contribution in [0.2, 0.25) is 0 Å². The van der Waals surface area contributed by atoms with Crippen LogP contribution in [0, 0.1) is 5.92 Å². The predicted octanol–water partition coefficient (Wildman–Crippen LogP) is 2.95. The maximum atomic E-state index is 13.3. The molecule has 0 aliphatic carbocycles. The summed E-state index contributed by atoms with van der Waals surface area (Å²) in [6.45, 7) is 4.76. The van der Waals surface area contributed by atoms with E-state index in [1.807, 2.05) is 12.1 Å². The molecule has 0 aromatic heterocycles. The van der Waals surface area contributed by atoms with Gasteiger partial charge in [-0.2, -0.15) is 0 Å². The Balaban J connectivity index is 2.00. The summed E-state index contributed by atoms with van der Waals surface area (Å²) < 4.78 is 20.1. The van der Waals surface area contributed by atoms with Crippen LogP contribution in [0.1, 0.15) is 31.9 Å². The van der Waals surface area contributed by atoms with Crippen molar-refractivity contribution in [3.63, 3.8) is 0 Å². The zero-order valence-electron chi connectivity index (χ0n) is 27.2. The van der Waals surface area contributed by atoms with E-state index in [0.29, 0.717) is 0 Å². The normalized spacial score (nSPS) is 12.4. The third kappa shape index (κ3) is 15.4. The number of amides is 4. The van der Waals surface area contributed by atoms with Gasteiger partial charge in [-0.15, -0.1) is 0 Å². The molecular formula is C32H42N4O10S2. The van der Waals surface area contributed by atoms with Gasteiger partial charge < -0.3 is 40.2 Å². The molecule has 4 amide bonds. The van der Waals surface area contributed by atoms with Crippen LogP contribution in [0.3, 0.4) is 0 Å². The number of esters is 2. The molecule has 2 rings (SSSR count). The van der Waals surface area contributed by atoms with Gasteiger partial charge in [0.2, 0.25) is 11.8 Å². The largest absolute Gasteiger partial charge is 0.467 e. The van der Waals surface area contributed by atoms with E-state index in [-0.39, 0.29) is 37.2 Å². The lowest BCUT2D eigenvalue weighted by atomic mass is 10.0. The Morgan fingerprint density at radius 1 is 0.688 bits per heavy atom. The predicted molar refractivity (Wildman–Crippen MR) is 180 cm³/mol. The number of nitrogens with one attached hydrogen (secondary N) is 4. The number of alkyl carbamates (subject to hydrolysis) is 2. The number of methoxy groups -OCH3 is 1. The molecule has 2 aromatic carbocycles. The second kappa shape index (κ2) is 22.2. The van der Waals surface area contributed by atoms with Crippen molar-refractivity contribution in [3.8, 4) is 0 Å². The first-order valence-electron chi connectivity index (χ1n) is 15.0. The standard InChI is InChI=1S/C32H42N4O10S2/c1-5-44-26(37)16-33-28(38)24(34-29(39)27(21(2)3)36-32(42)46-18-23-14-10-7-11-15-23)19-47-48-20-25(30(40)43-4)35-31(41)45-17-22-12-8-6-9-13-22/h6-15,21,24-25,27H,5,16-20H2,1-4H3,(H,33,38)(H,34,39)(H,35,41)(H,36,42). The summed E-state index contributed by atoms with van der Waals surface area (Å²) in [5.74, 6) is -3.06. The van der Waals surface area contributed by atoms with Crippen LogP contribution in [0.15, 0.2) is 60.7 Å². The second-order valence-electron chi connectivity index (χ2n) is 10.4. The van der Waals surface area contributed by atoms with Crippen LogP contribution in [-0.2, 0) is 51.3 Å². The van der Waals surface area contributed by atoms with Gasteiger partial charge in [0.1, 0.15) is 37.9 Å². The summed E-state index contributed by atoms with van der Waals surface area (Å²) in [6, 6.07) is 14.7. The summed E-state index contributed by atoms with van der Waals surface area (Å²) in [5.41, 5.74) is 1.53. The molecule has 0 saturated carbocycles. The first kappa shape index (κ1) is 39.7. The van der Waals surface area contributed by atoms with Crippen molar-refractivity contribution in [1.29, 1.82) is 0 Å². The van der Waals surface area contributed by atoms with Crippen molar-refractivity contribution >= 4 is 57.5 Å². The van der Waals surface area contributed by atoms with E-state index in [1.54, 1.807) is 69.3 Å². The van der Waals surface area contributed by atoms with E-state index in [2.05, 4.69) is 21.3 Å². The fourth-order valence-electron chi connectivity index (χ4n) is 3.82. The molecular weight excluding hydrogens is 665 g/mol. The SMILES string of the molecule is CCOC(=O)CNC(=O)C(CSSCC(NC(=O)OCc1ccccc1)C(=O)OC)NC(=O)C(NC(=O)OCc1ccccc1)C(C)C. The second-order valence-corrected chi connectivity index (χ2v) is 12.9. The molecule has 0 saturated heterocycles. The van der Waals surface area contributed by atoms with Crippen LogP contribution < -0.4 is 21.3 Å². The van der Waals surface area contributed by atoms with Crippen molar-refractivity contribution in [3.05, 3.63) is 71.8 Å². The summed E-state index contributed by atoms with van der Waals surface area (Å²) in [7, 11) is 3.43. The Morgan fingerprint density at radius 3 is 1.71 bits per heavy atom. The average molecular weight is 707 g/mol. The molecule has 0 bridgehead atoms. The smallest absolute Gasteiger partial charge is 0.408 e. The maximum absolute atomic E-state index is 13.3. The van der Waals surface area contributed by atoms with Crippen LogP contribution in [0.5, 0.6) is 0 Å². The van der Waals surface area contributed by atoms with Gasteiger partial charge in [-0.3, -0.25) is 14.4 Å². The first-order valence-corrected chi connectivity index (χ1v) is 17.5. The van der Waals surface area contributed by atoms with Gasteiger partial charge >= 0.3 is 24.1 Å². The number of hydrogen-bond donors (Lipinski definition) is 4. The third-order valence-electron chi connectivity index (χ3n) is 6.32. The van der Waals surface area contributed by atoms with Gasteiger partial charge in [-0.25, -0.2) is 14.4 Å². The third-order valence-corrected chi connectivity index (χ3v) is 8.75. The van der Waals surface area contributed by atoms with Gasteiger partial charge in [0.25, 0.3) is 0 Å². The molecule has 3 atom stereocenters. The Labute approximate surface area is 287 Å². The molecule has 16 heteroatoms. The summed E-state index contributed by atoms with van der Waals surface area (Å²) >= 11 is 0. The minimum atomic E-state index is -1.16. The van der Waals surface area contributed by atoms with E-state index in [0.717, 1.165) is 32.7 Å². The van der Waals surface area contributed by atoms with Crippen LogP contribution in [0.25, 0.3) is 0 Å². The maximum Gasteiger partial charge on any atom is 0.408 e. The van der Waals surface area contributed by atoms with Crippen LogP contribution in [0.4, 0.5) is 9.59 Å². The fraction of sp³-hybridized carbons (Fsp3) is 0.438. The van der Waals surface area contributed by atoms with Gasteiger partial charge in [0, 0.05) is 11.5 Å². The molecule has 0 fully saturated rings.